The van der Waals surface area contributed by atoms with E-state index in [0.717, 1.165) is 12.8 Å². The van der Waals surface area contributed by atoms with E-state index in [1.165, 1.54) is 93.9 Å². The number of hydrogen-bond donors (Lipinski definition) is 0. The molecule has 0 aromatic heterocycles. The first-order valence-electron chi connectivity index (χ1n) is 16.7. The molecule has 2 aliphatic carbocycles. The molecule has 0 spiro atoms. The van der Waals surface area contributed by atoms with Gasteiger partial charge in [0.25, 0.3) is 0 Å². The lowest BCUT2D eigenvalue weighted by molar-refractivity contribution is 1.06. The van der Waals surface area contributed by atoms with Gasteiger partial charge in [0.1, 0.15) is 0 Å². The summed E-state index contributed by atoms with van der Waals surface area (Å²) in [4.78, 5) is 0. The van der Waals surface area contributed by atoms with Crippen molar-refractivity contribution in [1.82, 2.24) is 0 Å². The zero-order valence-electron chi connectivity index (χ0n) is 26.5. The minimum Gasteiger partial charge on any atom is -0.0791 e. The summed E-state index contributed by atoms with van der Waals surface area (Å²) >= 11 is 0. The molecule has 0 amide bonds. The van der Waals surface area contributed by atoms with Gasteiger partial charge in [0, 0.05) is 0 Å². The number of rotatable bonds is 4. The molecular formula is C47H34. The van der Waals surface area contributed by atoms with Crippen LogP contribution in [0.1, 0.15) is 36.5 Å². The van der Waals surface area contributed by atoms with Crippen LogP contribution in [0.2, 0.25) is 0 Å². The molecule has 0 N–H and O–H groups in total. The predicted molar refractivity (Wildman–Crippen MR) is 202 cm³/mol. The van der Waals surface area contributed by atoms with Gasteiger partial charge >= 0.3 is 0 Å². The van der Waals surface area contributed by atoms with E-state index in [9.17, 15) is 0 Å². The lowest BCUT2D eigenvalue weighted by Gasteiger charge is -2.21. The summed E-state index contributed by atoms with van der Waals surface area (Å²) < 4.78 is 0. The van der Waals surface area contributed by atoms with Crippen LogP contribution in [0.5, 0.6) is 0 Å². The van der Waals surface area contributed by atoms with Crippen LogP contribution in [0.4, 0.5) is 0 Å². The fraction of sp³-hybridized carbons (Fsp3) is 0.0638. The third kappa shape index (κ3) is 4.37. The maximum Gasteiger partial charge on any atom is -0.00200 e. The number of hydrogen-bond acceptors (Lipinski definition) is 0. The van der Waals surface area contributed by atoms with Crippen molar-refractivity contribution in [3.05, 3.63) is 186 Å². The van der Waals surface area contributed by atoms with Crippen LogP contribution >= 0.6 is 0 Å². The van der Waals surface area contributed by atoms with Crippen molar-refractivity contribution in [3.63, 3.8) is 0 Å². The van der Waals surface area contributed by atoms with Gasteiger partial charge < -0.3 is 0 Å². The minimum absolute atomic E-state index is 1.03. The normalized spacial score (nSPS) is 14.8. The second kappa shape index (κ2) is 11.3. The molecule has 0 saturated carbocycles. The Morgan fingerprint density at radius 3 is 1.64 bits per heavy atom. The van der Waals surface area contributed by atoms with Crippen molar-refractivity contribution in [2.24, 2.45) is 0 Å². The van der Waals surface area contributed by atoms with E-state index in [2.05, 4.69) is 171 Å². The van der Waals surface area contributed by atoms with Crippen LogP contribution in [-0.2, 0) is 0 Å². The zero-order chi connectivity index (χ0) is 31.3. The van der Waals surface area contributed by atoms with Gasteiger partial charge in [0.05, 0.1) is 0 Å². The molecule has 47 heavy (non-hydrogen) atoms. The average Bonchev–Trinajstić information content (AvgIpc) is 3.49. The summed E-state index contributed by atoms with van der Waals surface area (Å²) in [7, 11) is 0. The fourth-order valence-electron chi connectivity index (χ4n) is 8.15. The Morgan fingerprint density at radius 1 is 0.447 bits per heavy atom. The molecule has 7 aromatic carbocycles. The molecule has 7 aromatic rings. The fourth-order valence-corrected chi connectivity index (χ4v) is 8.15. The van der Waals surface area contributed by atoms with Crippen LogP contribution in [0.25, 0.3) is 71.6 Å². The van der Waals surface area contributed by atoms with Gasteiger partial charge in [-0.2, -0.15) is 0 Å². The van der Waals surface area contributed by atoms with E-state index in [4.69, 9.17) is 0 Å². The molecule has 9 rings (SSSR count). The molecule has 0 fully saturated rings. The largest absolute Gasteiger partial charge is 0.0791 e. The third-order valence-corrected chi connectivity index (χ3v) is 10.1. The van der Waals surface area contributed by atoms with Crippen molar-refractivity contribution in [1.29, 1.82) is 0 Å². The summed E-state index contributed by atoms with van der Waals surface area (Å²) in [6.45, 7) is 2.20. The molecule has 0 saturated heterocycles. The summed E-state index contributed by atoms with van der Waals surface area (Å²) in [5.74, 6) is 0. The van der Waals surface area contributed by atoms with Gasteiger partial charge in [0.2, 0.25) is 0 Å². The molecular weight excluding hydrogens is 565 g/mol. The maximum atomic E-state index is 2.47. The molecule has 0 aliphatic heterocycles. The lowest BCUT2D eigenvalue weighted by atomic mass is 9.82. The highest BCUT2D eigenvalue weighted by atomic mass is 14.4. The van der Waals surface area contributed by atoms with Gasteiger partial charge in [-0.15, -0.1) is 0 Å². The molecule has 2 aliphatic rings. The van der Waals surface area contributed by atoms with E-state index in [0.29, 0.717) is 0 Å². The molecule has 0 atom stereocenters. The van der Waals surface area contributed by atoms with Crippen LogP contribution in [0.15, 0.2) is 169 Å². The standard InChI is InChI=1S/C47H34/c1-2-35-37-27-15-29-43(46-40-24-11-9-22-38(40)44(32-18-7-4-8-19-32)39-23-10-12-25-41(39)46)47(37)42-28-14-26-36(45(35)42)34-21-13-20-33(30-34)31-16-5-3-6-17-31/h2-13,15-27,29-30H,14,28H2,1H3/b35-2-. The van der Waals surface area contributed by atoms with Crippen molar-refractivity contribution in [2.45, 2.75) is 19.8 Å². The van der Waals surface area contributed by atoms with Crippen LogP contribution in [0, 0.1) is 0 Å². The highest BCUT2D eigenvalue weighted by Gasteiger charge is 2.33. The monoisotopic (exact) mass is 598 g/mol. The summed E-state index contributed by atoms with van der Waals surface area (Å²) in [6.07, 6.45) is 6.87. The first-order chi connectivity index (χ1) is 23.3. The number of fused-ring (bicyclic) bond motifs is 4. The van der Waals surface area contributed by atoms with Crippen LogP contribution in [0.3, 0.4) is 0 Å². The van der Waals surface area contributed by atoms with Crippen LogP contribution in [-0.4, -0.2) is 0 Å². The average molecular weight is 599 g/mol. The Morgan fingerprint density at radius 2 is 0.979 bits per heavy atom. The highest BCUT2D eigenvalue weighted by Crippen LogP contribution is 2.55. The third-order valence-electron chi connectivity index (χ3n) is 10.1. The molecule has 0 heteroatoms. The molecule has 0 bridgehead atoms. The first-order valence-corrected chi connectivity index (χ1v) is 16.7. The smallest absolute Gasteiger partial charge is 0.00200 e. The Kier molecular flexibility index (Phi) is 6.61. The zero-order valence-corrected chi connectivity index (χ0v) is 26.5. The van der Waals surface area contributed by atoms with E-state index >= 15 is 0 Å². The topological polar surface area (TPSA) is 0 Å². The second-order valence-electron chi connectivity index (χ2n) is 12.6. The Balaban J connectivity index is 1.30. The maximum absolute atomic E-state index is 2.47. The predicted octanol–water partition coefficient (Wildman–Crippen LogP) is 13.0. The summed E-state index contributed by atoms with van der Waals surface area (Å²) in [5.41, 5.74) is 17.4. The van der Waals surface area contributed by atoms with E-state index in [1.807, 2.05) is 0 Å². The molecule has 0 nitrogen and oxygen atoms in total. The SMILES string of the molecule is C/C=C1\C2=C(CCC=C2c2cccc(-c3ccccc3)c2)c2c1cccc2-c1c2ccccc2c(-c2ccccc2)c2ccccc12. The number of allylic oxidation sites excluding steroid dienone is 6. The summed E-state index contributed by atoms with van der Waals surface area (Å²) in [5, 5.41) is 5.20. The van der Waals surface area contributed by atoms with E-state index in [1.54, 1.807) is 0 Å². The number of benzene rings is 7. The van der Waals surface area contributed by atoms with Crippen molar-refractivity contribution in [2.75, 3.05) is 0 Å². The lowest BCUT2D eigenvalue weighted by Crippen LogP contribution is -1.98. The quantitative estimate of drug-likeness (QED) is 0.177. The van der Waals surface area contributed by atoms with Crippen molar-refractivity contribution < 1.29 is 0 Å². The Hall–Kier alpha value is -5.72. The molecule has 0 unspecified atom stereocenters. The van der Waals surface area contributed by atoms with Gasteiger partial charge in [-0.05, 0) is 120 Å². The van der Waals surface area contributed by atoms with Crippen molar-refractivity contribution in [3.8, 4) is 33.4 Å². The molecule has 222 valence electrons. The van der Waals surface area contributed by atoms with Gasteiger partial charge in [-0.25, -0.2) is 0 Å². The second-order valence-corrected chi connectivity index (χ2v) is 12.6. The highest BCUT2D eigenvalue weighted by molar-refractivity contribution is 6.24. The van der Waals surface area contributed by atoms with E-state index < -0.39 is 0 Å². The van der Waals surface area contributed by atoms with Gasteiger partial charge in [0.15, 0.2) is 0 Å². The molecule has 0 heterocycles. The van der Waals surface area contributed by atoms with E-state index in [-0.39, 0.29) is 0 Å². The van der Waals surface area contributed by atoms with Crippen LogP contribution < -0.4 is 0 Å². The Labute approximate surface area is 276 Å². The Bertz CT molecular complexity index is 2380. The van der Waals surface area contributed by atoms with Gasteiger partial charge in [-0.1, -0.05) is 158 Å². The molecule has 0 radical (unpaired) electrons. The summed E-state index contributed by atoms with van der Waals surface area (Å²) in [6, 6.07) is 55.7. The van der Waals surface area contributed by atoms with Gasteiger partial charge in [-0.3, -0.25) is 0 Å². The first kappa shape index (κ1) is 27.6. The van der Waals surface area contributed by atoms with Crippen molar-refractivity contribution >= 4 is 38.3 Å². The minimum atomic E-state index is 1.03.